The van der Waals surface area contributed by atoms with E-state index in [1.165, 1.54) is 10.6 Å². The largest absolute Gasteiger partial charge is 0.352 e. The Kier molecular flexibility index (Phi) is 11.4. The molecule has 0 aliphatic heterocycles. The molecule has 0 unspecified atom stereocenters. The smallest absolute Gasteiger partial charge is 0.243 e. The number of hydrogen-bond acceptors (Lipinski definition) is 4. The summed E-state index contributed by atoms with van der Waals surface area (Å²) in [7, 11) is -3.54. The summed E-state index contributed by atoms with van der Waals surface area (Å²) in [6.07, 6.45) is 2.84. The fraction of sp³-hybridized carbons (Fsp3) is 0.500. The number of halogens is 1. The molecule has 0 spiro atoms. The first-order chi connectivity index (χ1) is 17.3. The van der Waals surface area contributed by atoms with E-state index in [1.54, 1.807) is 17.0 Å². The van der Waals surface area contributed by atoms with Crippen molar-refractivity contribution in [1.29, 1.82) is 0 Å². The molecule has 0 fully saturated rings. The van der Waals surface area contributed by atoms with Crippen molar-refractivity contribution in [1.82, 2.24) is 10.2 Å². The standard InChI is InChI=1S/C28H40ClN3O4S/c1-7-22(5)30-28(34)26(8-2)31(19-23-11-13-24(29)14-12-23)27(33)10-9-15-32(37(6,35)36)25-17-20(3)16-21(4)18-25/h11-14,16-18,22,26H,7-10,15,19H2,1-6H3,(H,30,34)/t22-,26+/m0/s1. The van der Waals surface area contributed by atoms with E-state index >= 15 is 0 Å². The van der Waals surface area contributed by atoms with Crippen molar-refractivity contribution in [2.45, 2.75) is 78.9 Å². The maximum Gasteiger partial charge on any atom is 0.243 e. The highest BCUT2D eigenvalue weighted by atomic mass is 35.5. The summed E-state index contributed by atoms with van der Waals surface area (Å²) in [5, 5.41) is 3.59. The van der Waals surface area contributed by atoms with Gasteiger partial charge in [0.15, 0.2) is 0 Å². The van der Waals surface area contributed by atoms with Crippen molar-refractivity contribution in [3.05, 3.63) is 64.2 Å². The van der Waals surface area contributed by atoms with Crippen LogP contribution < -0.4 is 9.62 Å². The number of rotatable bonds is 13. The van der Waals surface area contributed by atoms with E-state index in [9.17, 15) is 18.0 Å². The Hall–Kier alpha value is -2.58. The van der Waals surface area contributed by atoms with Gasteiger partial charge in [-0.1, -0.05) is 43.6 Å². The summed E-state index contributed by atoms with van der Waals surface area (Å²) in [5.41, 5.74) is 3.38. The molecule has 2 atom stereocenters. The van der Waals surface area contributed by atoms with Gasteiger partial charge in [-0.05, 0) is 81.0 Å². The van der Waals surface area contributed by atoms with E-state index in [2.05, 4.69) is 5.32 Å². The number of amides is 2. The van der Waals surface area contributed by atoms with Crippen LogP contribution in [-0.2, 0) is 26.2 Å². The first kappa shape index (κ1) is 30.6. The van der Waals surface area contributed by atoms with E-state index in [1.807, 2.05) is 65.0 Å². The third kappa shape index (κ3) is 9.34. The third-order valence-corrected chi connectivity index (χ3v) is 7.75. The van der Waals surface area contributed by atoms with Crippen LogP contribution in [0, 0.1) is 13.8 Å². The molecule has 0 aliphatic carbocycles. The molecule has 7 nitrogen and oxygen atoms in total. The molecule has 2 aromatic carbocycles. The highest BCUT2D eigenvalue weighted by molar-refractivity contribution is 7.92. The van der Waals surface area contributed by atoms with Crippen LogP contribution in [-0.4, -0.2) is 50.0 Å². The lowest BCUT2D eigenvalue weighted by Crippen LogP contribution is -2.50. The van der Waals surface area contributed by atoms with Crippen LogP contribution >= 0.6 is 11.6 Å². The summed E-state index contributed by atoms with van der Waals surface area (Å²) >= 11 is 6.03. The molecule has 2 amide bonds. The van der Waals surface area contributed by atoms with Gasteiger partial charge in [-0.3, -0.25) is 13.9 Å². The maximum absolute atomic E-state index is 13.5. The predicted molar refractivity (Wildman–Crippen MR) is 151 cm³/mol. The molecule has 0 bridgehead atoms. The van der Waals surface area contributed by atoms with E-state index in [0.29, 0.717) is 23.6 Å². The van der Waals surface area contributed by atoms with E-state index in [-0.39, 0.29) is 37.4 Å². The molecule has 2 rings (SSSR count). The molecule has 0 saturated heterocycles. The molecular formula is C28H40ClN3O4S. The lowest BCUT2D eigenvalue weighted by Gasteiger charge is -2.32. The van der Waals surface area contributed by atoms with Crippen molar-refractivity contribution >= 4 is 39.1 Å². The van der Waals surface area contributed by atoms with Crippen molar-refractivity contribution < 1.29 is 18.0 Å². The number of benzene rings is 2. The monoisotopic (exact) mass is 549 g/mol. The van der Waals surface area contributed by atoms with Gasteiger partial charge in [-0.2, -0.15) is 0 Å². The Bertz CT molecular complexity index is 1150. The van der Waals surface area contributed by atoms with E-state index in [4.69, 9.17) is 11.6 Å². The van der Waals surface area contributed by atoms with Gasteiger partial charge in [-0.25, -0.2) is 8.42 Å². The molecule has 37 heavy (non-hydrogen) atoms. The fourth-order valence-electron chi connectivity index (χ4n) is 4.25. The van der Waals surface area contributed by atoms with Crippen LogP contribution in [0.3, 0.4) is 0 Å². The van der Waals surface area contributed by atoms with E-state index < -0.39 is 16.1 Å². The minimum absolute atomic E-state index is 0.00450. The van der Waals surface area contributed by atoms with Gasteiger partial charge in [0.05, 0.1) is 11.9 Å². The Morgan fingerprint density at radius 3 is 2.11 bits per heavy atom. The zero-order valence-electron chi connectivity index (χ0n) is 22.8. The molecule has 9 heteroatoms. The average molecular weight is 550 g/mol. The van der Waals surface area contributed by atoms with Gasteiger partial charge in [0.25, 0.3) is 0 Å². The van der Waals surface area contributed by atoms with Gasteiger partial charge in [0.1, 0.15) is 6.04 Å². The minimum Gasteiger partial charge on any atom is -0.352 e. The molecule has 1 N–H and O–H groups in total. The average Bonchev–Trinajstić information content (AvgIpc) is 2.81. The second kappa shape index (κ2) is 13.8. The van der Waals surface area contributed by atoms with Gasteiger partial charge in [0, 0.05) is 30.6 Å². The molecule has 0 saturated carbocycles. The van der Waals surface area contributed by atoms with Crippen LogP contribution in [0.5, 0.6) is 0 Å². The number of sulfonamides is 1. The second-order valence-corrected chi connectivity index (χ2v) is 12.0. The summed E-state index contributed by atoms with van der Waals surface area (Å²) in [6, 6.07) is 12.2. The summed E-state index contributed by atoms with van der Waals surface area (Å²) < 4.78 is 26.5. The number of carbonyl (C=O) groups is 2. The third-order valence-electron chi connectivity index (χ3n) is 6.30. The molecule has 0 aliphatic rings. The summed E-state index contributed by atoms with van der Waals surface area (Å²) in [6.45, 7) is 10.1. The molecular weight excluding hydrogens is 510 g/mol. The number of aryl methyl sites for hydroxylation is 2. The Balaban J connectivity index is 2.24. The Morgan fingerprint density at radius 1 is 1.00 bits per heavy atom. The van der Waals surface area contributed by atoms with Gasteiger partial charge < -0.3 is 10.2 Å². The van der Waals surface area contributed by atoms with Crippen LogP contribution in [0.25, 0.3) is 0 Å². The second-order valence-electron chi connectivity index (χ2n) is 9.67. The zero-order valence-corrected chi connectivity index (χ0v) is 24.3. The SMILES string of the molecule is CC[C@H](C(=O)N[C@@H](C)CC)N(Cc1ccc(Cl)cc1)C(=O)CCCN(c1cc(C)cc(C)c1)S(C)(=O)=O. The quantitative estimate of drug-likeness (QED) is 0.371. The number of nitrogens with zero attached hydrogens (tertiary/aromatic N) is 2. The van der Waals surface area contributed by atoms with Crippen molar-refractivity contribution in [3.63, 3.8) is 0 Å². The molecule has 0 heterocycles. The topological polar surface area (TPSA) is 86.8 Å². The summed E-state index contributed by atoms with van der Waals surface area (Å²) in [5.74, 6) is -0.387. The number of anilines is 1. The number of nitrogens with one attached hydrogen (secondary N) is 1. The van der Waals surface area contributed by atoms with Crippen molar-refractivity contribution in [2.24, 2.45) is 0 Å². The fourth-order valence-corrected chi connectivity index (χ4v) is 5.32. The predicted octanol–water partition coefficient (Wildman–Crippen LogP) is 5.23. The van der Waals surface area contributed by atoms with Crippen LogP contribution in [0.4, 0.5) is 5.69 Å². The number of hydrogen-bond donors (Lipinski definition) is 1. The highest BCUT2D eigenvalue weighted by Gasteiger charge is 2.29. The highest BCUT2D eigenvalue weighted by Crippen LogP contribution is 2.23. The van der Waals surface area contributed by atoms with Gasteiger partial charge >= 0.3 is 0 Å². The Labute approximate surface area is 227 Å². The zero-order chi connectivity index (χ0) is 27.8. The van der Waals surface area contributed by atoms with E-state index in [0.717, 1.165) is 23.1 Å². The van der Waals surface area contributed by atoms with Crippen molar-refractivity contribution in [3.8, 4) is 0 Å². The summed E-state index contributed by atoms with van der Waals surface area (Å²) in [4.78, 5) is 28.2. The lowest BCUT2D eigenvalue weighted by atomic mass is 10.1. The Morgan fingerprint density at radius 2 is 1.59 bits per heavy atom. The van der Waals surface area contributed by atoms with Crippen LogP contribution in [0.2, 0.25) is 5.02 Å². The normalized spacial score (nSPS) is 13.1. The van der Waals surface area contributed by atoms with Gasteiger partial charge in [-0.15, -0.1) is 0 Å². The lowest BCUT2D eigenvalue weighted by molar-refractivity contribution is -0.141. The first-order valence-electron chi connectivity index (χ1n) is 12.8. The van der Waals surface area contributed by atoms with Gasteiger partial charge in [0.2, 0.25) is 21.8 Å². The molecule has 2 aromatic rings. The number of carbonyl (C=O) groups excluding carboxylic acids is 2. The van der Waals surface area contributed by atoms with Crippen molar-refractivity contribution in [2.75, 3.05) is 17.1 Å². The molecule has 0 radical (unpaired) electrons. The molecule has 204 valence electrons. The van der Waals surface area contributed by atoms with Crippen LogP contribution in [0.15, 0.2) is 42.5 Å². The van der Waals surface area contributed by atoms with Crippen LogP contribution in [0.1, 0.15) is 63.1 Å². The first-order valence-corrected chi connectivity index (χ1v) is 15.0. The minimum atomic E-state index is -3.54. The molecule has 0 aromatic heterocycles. The maximum atomic E-state index is 13.5.